The van der Waals surface area contributed by atoms with Gasteiger partial charge in [-0.3, -0.25) is 9.79 Å². The van der Waals surface area contributed by atoms with Crippen LogP contribution in [-0.2, 0) is 4.79 Å². The summed E-state index contributed by atoms with van der Waals surface area (Å²) >= 11 is 0. The van der Waals surface area contributed by atoms with Crippen molar-refractivity contribution in [3.05, 3.63) is 35.4 Å². The van der Waals surface area contributed by atoms with Crippen molar-refractivity contribution in [1.82, 2.24) is 10.2 Å². The molecule has 8 heteroatoms. The summed E-state index contributed by atoms with van der Waals surface area (Å²) in [5.74, 6) is -0.508. The van der Waals surface area contributed by atoms with Crippen LogP contribution < -0.4 is 11.1 Å². The van der Waals surface area contributed by atoms with E-state index in [1.54, 1.807) is 7.05 Å². The molecule has 1 aromatic carbocycles. The van der Waals surface area contributed by atoms with Gasteiger partial charge in [0.1, 0.15) is 11.6 Å². The van der Waals surface area contributed by atoms with Gasteiger partial charge in [0.2, 0.25) is 5.91 Å². The molecule has 1 aromatic rings. The molecule has 1 saturated heterocycles. The van der Waals surface area contributed by atoms with Crippen LogP contribution in [0, 0.1) is 17.6 Å². The molecule has 144 valence electrons. The Bertz CT molecular complexity index is 665. The summed E-state index contributed by atoms with van der Waals surface area (Å²) < 4.78 is 27.8. The number of nitrogens with one attached hydrogen (secondary N) is 1. The molecule has 1 saturated carbocycles. The third kappa shape index (κ3) is 4.83. The summed E-state index contributed by atoms with van der Waals surface area (Å²) in [5.41, 5.74) is 5.46. The molecule has 1 amide bonds. The van der Waals surface area contributed by atoms with Crippen molar-refractivity contribution in [3.8, 4) is 0 Å². The van der Waals surface area contributed by atoms with E-state index in [9.17, 15) is 13.6 Å². The number of guanidine groups is 1. The fraction of sp³-hybridized carbons (Fsp3) is 0.556. The number of hydrogen-bond acceptors (Lipinski definition) is 2. The molecular formula is C18H25F2IN4O. The summed E-state index contributed by atoms with van der Waals surface area (Å²) in [4.78, 5) is 17.6. The number of nitrogens with two attached hydrogens (primary N) is 1. The maximum Gasteiger partial charge on any atom is 0.217 e. The molecular weight excluding hydrogens is 453 g/mol. The van der Waals surface area contributed by atoms with Gasteiger partial charge in [0, 0.05) is 44.1 Å². The topological polar surface area (TPSA) is 70.7 Å². The zero-order valence-electron chi connectivity index (χ0n) is 14.8. The van der Waals surface area contributed by atoms with Crippen molar-refractivity contribution in [3.63, 3.8) is 0 Å². The van der Waals surface area contributed by atoms with Gasteiger partial charge in [0.25, 0.3) is 0 Å². The van der Waals surface area contributed by atoms with Gasteiger partial charge in [-0.1, -0.05) is 6.07 Å². The van der Waals surface area contributed by atoms with Crippen LogP contribution in [0.1, 0.15) is 37.2 Å². The zero-order chi connectivity index (χ0) is 18.0. The quantitative estimate of drug-likeness (QED) is 0.397. The maximum atomic E-state index is 13.9. The monoisotopic (exact) mass is 478 g/mol. The first-order chi connectivity index (χ1) is 12.0. The molecule has 0 spiro atoms. The predicted octanol–water partition coefficient (Wildman–Crippen LogP) is 2.60. The van der Waals surface area contributed by atoms with E-state index >= 15 is 0 Å². The number of carbonyl (C=O) groups is 1. The molecule has 26 heavy (non-hydrogen) atoms. The van der Waals surface area contributed by atoms with Crippen LogP contribution >= 0.6 is 24.0 Å². The average molecular weight is 478 g/mol. The fourth-order valence-electron chi connectivity index (χ4n) is 3.71. The first-order valence-corrected chi connectivity index (χ1v) is 8.70. The van der Waals surface area contributed by atoms with Crippen molar-refractivity contribution in [2.45, 2.75) is 37.6 Å². The number of piperidine rings is 1. The van der Waals surface area contributed by atoms with E-state index in [1.807, 2.05) is 0 Å². The Morgan fingerprint density at radius 1 is 1.38 bits per heavy atom. The van der Waals surface area contributed by atoms with Crippen LogP contribution in [0.15, 0.2) is 23.2 Å². The largest absolute Gasteiger partial charge is 0.370 e. The predicted molar refractivity (Wildman–Crippen MR) is 108 cm³/mol. The third-order valence-corrected chi connectivity index (χ3v) is 5.00. The Morgan fingerprint density at radius 2 is 2.08 bits per heavy atom. The standard InChI is InChI=1S/C18H24F2N4O.HI/c1-22-18(24-7-3-4-11(10-24)8-16(21)25)23-15-9-12(15)17-13(19)5-2-6-14(17)20;/h2,5-6,11-12,15H,3-4,7-10H2,1H3,(H2,21,25)(H,22,23);1H. The number of rotatable bonds is 4. The lowest BCUT2D eigenvalue weighted by Crippen LogP contribution is -2.48. The van der Waals surface area contributed by atoms with Crippen molar-refractivity contribution >= 4 is 35.8 Å². The first-order valence-electron chi connectivity index (χ1n) is 8.70. The van der Waals surface area contributed by atoms with E-state index in [0.29, 0.717) is 19.4 Å². The lowest BCUT2D eigenvalue weighted by molar-refractivity contribution is -0.119. The molecule has 2 fully saturated rings. The number of amides is 1. The second-order valence-corrected chi connectivity index (χ2v) is 6.90. The Kier molecular flexibility index (Phi) is 7.19. The number of hydrogen-bond donors (Lipinski definition) is 2. The highest BCUT2D eigenvalue weighted by Gasteiger charge is 2.43. The van der Waals surface area contributed by atoms with Crippen molar-refractivity contribution in [2.75, 3.05) is 20.1 Å². The molecule has 3 atom stereocenters. The highest BCUT2D eigenvalue weighted by atomic mass is 127. The second kappa shape index (κ2) is 8.96. The highest BCUT2D eigenvalue weighted by Crippen LogP contribution is 2.43. The van der Waals surface area contributed by atoms with Gasteiger partial charge in [-0.25, -0.2) is 8.78 Å². The smallest absolute Gasteiger partial charge is 0.217 e. The van der Waals surface area contributed by atoms with E-state index < -0.39 is 11.6 Å². The molecule has 5 nitrogen and oxygen atoms in total. The van der Waals surface area contributed by atoms with E-state index in [1.165, 1.54) is 18.2 Å². The normalized spacial score (nSPS) is 25.4. The van der Waals surface area contributed by atoms with E-state index in [0.717, 1.165) is 25.3 Å². The van der Waals surface area contributed by atoms with Crippen LogP contribution in [-0.4, -0.2) is 42.9 Å². The number of benzene rings is 1. The van der Waals surface area contributed by atoms with E-state index in [-0.39, 0.29) is 53.3 Å². The van der Waals surface area contributed by atoms with Crippen molar-refractivity contribution in [2.24, 2.45) is 16.6 Å². The highest BCUT2D eigenvalue weighted by molar-refractivity contribution is 14.0. The maximum absolute atomic E-state index is 13.9. The van der Waals surface area contributed by atoms with E-state index in [4.69, 9.17) is 5.73 Å². The molecule has 1 heterocycles. The summed E-state index contributed by atoms with van der Waals surface area (Å²) in [6.07, 6.45) is 2.99. The molecule has 2 aliphatic rings. The summed E-state index contributed by atoms with van der Waals surface area (Å²) in [7, 11) is 1.70. The molecule has 3 rings (SSSR count). The van der Waals surface area contributed by atoms with Crippen molar-refractivity contribution in [1.29, 1.82) is 0 Å². The molecule has 0 aromatic heterocycles. The van der Waals surface area contributed by atoms with Crippen LogP contribution in [0.5, 0.6) is 0 Å². The van der Waals surface area contributed by atoms with Gasteiger partial charge in [-0.2, -0.15) is 0 Å². The molecule has 0 bridgehead atoms. The van der Waals surface area contributed by atoms with Gasteiger partial charge in [-0.15, -0.1) is 24.0 Å². The van der Waals surface area contributed by atoms with Gasteiger partial charge >= 0.3 is 0 Å². The minimum atomic E-state index is -0.496. The number of halogens is 3. The van der Waals surface area contributed by atoms with Gasteiger partial charge in [0.15, 0.2) is 5.96 Å². The second-order valence-electron chi connectivity index (χ2n) is 6.90. The van der Waals surface area contributed by atoms with Crippen LogP contribution in [0.4, 0.5) is 8.78 Å². The number of aliphatic imine (C=N–C) groups is 1. The zero-order valence-corrected chi connectivity index (χ0v) is 17.1. The minimum Gasteiger partial charge on any atom is -0.370 e. The summed E-state index contributed by atoms with van der Waals surface area (Å²) in [6, 6.07) is 3.94. The molecule has 0 radical (unpaired) electrons. The first kappa shape index (κ1) is 20.9. The van der Waals surface area contributed by atoms with Crippen LogP contribution in [0.3, 0.4) is 0 Å². The van der Waals surface area contributed by atoms with Gasteiger partial charge in [0.05, 0.1) is 0 Å². The minimum absolute atomic E-state index is 0. The Balaban J connectivity index is 0.00000243. The number of nitrogens with zero attached hydrogens (tertiary/aromatic N) is 2. The third-order valence-electron chi connectivity index (χ3n) is 5.00. The summed E-state index contributed by atoms with van der Waals surface area (Å²) in [6.45, 7) is 1.56. The molecule has 3 N–H and O–H groups in total. The molecule has 1 aliphatic heterocycles. The van der Waals surface area contributed by atoms with Gasteiger partial charge < -0.3 is 16.0 Å². The Hall–Kier alpha value is -1.45. The molecule has 3 unspecified atom stereocenters. The fourth-order valence-corrected chi connectivity index (χ4v) is 3.71. The lowest BCUT2D eigenvalue weighted by Gasteiger charge is -2.34. The average Bonchev–Trinajstić information content (AvgIpc) is 3.31. The molecule has 1 aliphatic carbocycles. The number of likely N-dealkylation sites (tertiary alicyclic amines) is 1. The van der Waals surface area contributed by atoms with E-state index in [2.05, 4.69) is 15.2 Å². The van der Waals surface area contributed by atoms with Gasteiger partial charge in [-0.05, 0) is 37.3 Å². The Morgan fingerprint density at radius 3 is 2.69 bits per heavy atom. The number of carbonyl (C=O) groups excluding carboxylic acids is 1. The lowest BCUT2D eigenvalue weighted by atomic mass is 9.95. The van der Waals surface area contributed by atoms with Crippen LogP contribution in [0.2, 0.25) is 0 Å². The number of primary amides is 1. The van der Waals surface area contributed by atoms with Crippen molar-refractivity contribution < 1.29 is 13.6 Å². The SMILES string of the molecule is CN=C(NC1CC1c1c(F)cccc1F)N1CCCC(CC(N)=O)C1.I. The summed E-state index contributed by atoms with van der Waals surface area (Å²) in [5, 5.41) is 3.31. The van der Waals surface area contributed by atoms with Crippen LogP contribution in [0.25, 0.3) is 0 Å². The Labute approximate surface area is 169 Å².